The van der Waals surface area contributed by atoms with E-state index in [2.05, 4.69) is 25.8 Å². The van der Waals surface area contributed by atoms with Gasteiger partial charge in [-0.3, -0.25) is 5.41 Å². The van der Waals surface area contributed by atoms with E-state index in [1.165, 1.54) is 0 Å². The van der Waals surface area contributed by atoms with Gasteiger partial charge in [0.1, 0.15) is 0 Å². The summed E-state index contributed by atoms with van der Waals surface area (Å²) < 4.78 is 0. The summed E-state index contributed by atoms with van der Waals surface area (Å²) in [6.45, 7) is 6.58. The van der Waals surface area contributed by atoms with Crippen molar-refractivity contribution in [1.82, 2.24) is 4.90 Å². The van der Waals surface area contributed by atoms with Gasteiger partial charge in [-0.1, -0.05) is 13.8 Å². The van der Waals surface area contributed by atoms with Gasteiger partial charge < -0.3 is 10.6 Å². The number of rotatable bonds is 6. The molecule has 0 saturated carbocycles. The normalized spacial score (nSPS) is 11.1. The van der Waals surface area contributed by atoms with Crippen LogP contribution in [-0.2, 0) is 0 Å². The number of nitrogens with zero attached hydrogens (tertiary/aromatic N) is 1. The van der Waals surface area contributed by atoms with Crippen LogP contribution in [0.1, 0.15) is 26.7 Å². The van der Waals surface area contributed by atoms with Crippen LogP contribution in [-0.4, -0.2) is 30.9 Å². The fourth-order valence-electron chi connectivity index (χ4n) is 1.25. The second kappa shape index (κ2) is 6.00. The topological polar surface area (TPSA) is 53.1 Å². The summed E-state index contributed by atoms with van der Waals surface area (Å²) in [5, 5.41) is 7.04. The average molecular weight is 171 g/mol. The summed E-state index contributed by atoms with van der Waals surface area (Å²) in [5.74, 6) is 1.01. The fraction of sp³-hybridized carbons (Fsp3) is 0.889. The van der Waals surface area contributed by atoms with Crippen LogP contribution in [0.15, 0.2) is 0 Å². The van der Waals surface area contributed by atoms with Crippen LogP contribution in [0.25, 0.3) is 0 Å². The van der Waals surface area contributed by atoms with Crippen LogP contribution in [0.2, 0.25) is 0 Å². The smallest absolute Gasteiger partial charge is 0.0905 e. The molecule has 3 N–H and O–H groups in total. The van der Waals surface area contributed by atoms with E-state index in [1.807, 2.05) is 0 Å². The first-order chi connectivity index (χ1) is 5.52. The van der Waals surface area contributed by atoms with E-state index in [0.717, 1.165) is 25.9 Å². The quantitative estimate of drug-likeness (QED) is 0.467. The van der Waals surface area contributed by atoms with E-state index >= 15 is 0 Å². The second-order valence-electron chi connectivity index (χ2n) is 3.78. The number of amidine groups is 1. The first-order valence-corrected chi connectivity index (χ1v) is 4.53. The summed E-state index contributed by atoms with van der Waals surface area (Å²) >= 11 is 0. The molecule has 0 aromatic rings. The van der Waals surface area contributed by atoms with Crippen LogP contribution in [0, 0.1) is 11.3 Å². The van der Waals surface area contributed by atoms with E-state index in [9.17, 15) is 0 Å². The Hall–Kier alpha value is -0.570. The maximum atomic E-state index is 7.04. The third-order valence-corrected chi connectivity index (χ3v) is 1.66. The van der Waals surface area contributed by atoms with Crippen molar-refractivity contribution >= 4 is 5.84 Å². The van der Waals surface area contributed by atoms with Crippen molar-refractivity contribution in [2.45, 2.75) is 26.7 Å². The zero-order chi connectivity index (χ0) is 9.56. The van der Waals surface area contributed by atoms with Gasteiger partial charge in [0.25, 0.3) is 0 Å². The molecule has 0 aliphatic carbocycles. The van der Waals surface area contributed by atoms with E-state index in [0.29, 0.717) is 11.8 Å². The molecule has 12 heavy (non-hydrogen) atoms. The van der Waals surface area contributed by atoms with Gasteiger partial charge in [-0.25, -0.2) is 0 Å². The Labute approximate surface area is 75.4 Å². The Morgan fingerprint density at radius 2 is 2.08 bits per heavy atom. The average Bonchev–Trinajstić information content (AvgIpc) is 1.84. The van der Waals surface area contributed by atoms with Gasteiger partial charge in [0.2, 0.25) is 0 Å². The van der Waals surface area contributed by atoms with Crippen LogP contribution >= 0.6 is 0 Å². The Balaban J connectivity index is 3.31. The molecule has 0 unspecified atom stereocenters. The van der Waals surface area contributed by atoms with Crippen molar-refractivity contribution in [1.29, 1.82) is 5.41 Å². The van der Waals surface area contributed by atoms with Crippen LogP contribution in [0.5, 0.6) is 0 Å². The van der Waals surface area contributed by atoms with Crippen molar-refractivity contribution < 1.29 is 0 Å². The Bertz CT molecular complexity index is 132. The molecule has 0 aromatic heterocycles. The van der Waals surface area contributed by atoms with Crippen molar-refractivity contribution in [3.05, 3.63) is 0 Å². The van der Waals surface area contributed by atoms with E-state index in [1.54, 1.807) is 0 Å². The molecule has 0 amide bonds. The zero-order valence-electron chi connectivity index (χ0n) is 8.43. The van der Waals surface area contributed by atoms with Crippen LogP contribution in [0.4, 0.5) is 0 Å². The summed E-state index contributed by atoms with van der Waals surface area (Å²) in [4.78, 5) is 2.29. The van der Waals surface area contributed by atoms with Crippen molar-refractivity contribution in [3.8, 4) is 0 Å². The van der Waals surface area contributed by atoms with Crippen molar-refractivity contribution in [2.24, 2.45) is 11.7 Å². The van der Waals surface area contributed by atoms with Gasteiger partial charge in [-0.15, -0.1) is 0 Å². The Kier molecular flexibility index (Phi) is 5.72. The lowest BCUT2D eigenvalue weighted by atomic mass is 10.2. The first kappa shape index (κ1) is 11.4. The van der Waals surface area contributed by atoms with E-state index in [-0.39, 0.29) is 0 Å². The molecule has 72 valence electrons. The third-order valence-electron chi connectivity index (χ3n) is 1.66. The standard InChI is InChI=1S/C9H21N3/c1-8(2)7-12(3)6-4-5-9(10)11/h8H,4-7H2,1-3H3,(H3,10,11). The Morgan fingerprint density at radius 3 is 2.50 bits per heavy atom. The number of hydrogen-bond donors (Lipinski definition) is 2. The molecule has 0 aliphatic heterocycles. The second-order valence-corrected chi connectivity index (χ2v) is 3.78. The molecule has 3 nitrogen and oxygen atoms in total. The van der Waals surface area contributed by atoms with E-state index < -0.39 is 0 Å². The molecule has 0 saturated heterocycles. The molecule has 3 heteroatoms. The number of hydrogen-bond acceptors (Lipinski definition) is 2. The molecular formula is C9H21N3. The highest BCUT2D eigenvalue weighted by Crippen LogP contribution is 1.98. The summed E-state index contributed by atoms with van der Waals surface area (Å²) in [6.07, 6.45) is 1.72. The molecule has 0 bridgehead atoms. The molecule has 0 spiro atoms. The van der Waals surface area contributed by atoms with E-state index in [4.69, 9.17) is 11.1 Å². The lowest BCUT2D eigenvalue weighted by molar-refractivity contribution is 0.294. The first-order valence-electron chi connectivity index (χ1n) is 4.53. The highest BCUT2D eigenvalue weighted by Gasteiger charge is 2.00. The summed E-state index contributed by atoms with van der Waals surface area (Å²) in [5.41, 5.74) is 5.24. The highest BCUT2D eigenvalue weighted by atomic mass is 15.1. The maximum Gasteiger partial charge on any atom is 0.0905 e. The highest BCUT2D eigenvalue weighted by molar-refractivity contribution is 5.76. The largest absolute Gasteiger partial charge is 0.388 e. The van der Waals surface area contributed by atoms with Gasteiger partial charge in [0.15, 0.2) is 0 Å². The molecule has 0 aromatic carbocycles. The molecule has 0 radical (unpaired) electrons. The molecule has 0 fully saturated rings. The maximum absolute atomic E-state index is 7.04. The van der Waals surface area contributed by atoms with Gasteiger partial charge in [0.05, 0.1) is 5.84 Å². The van der Waals surface area contributed by atoms with Crippen molar-refractivity contribution in [3.63, 3.8) is 0 Å². The predicted octanol–water partition coefficient (Wildman–Crippen LogP) is 1.29. The lowest BCUT2D eigenvalue weighted by Gasteiger charge is -2.18. The zero-order valence-corrected chi connectivity index (χ0v) is 8.43. The van der Waals surface area contributed by atoms with Gasteiger partial charge in [-0.05, 0) is 25.9 Å². The number of nitrogens with one attached hydrogen (secondary N) is 1. The minimum atomic E-state index is 0.299. The molecule has 0 atom stereocenters. The predicted molar refractivity (Wildman–Crippen MR) is 53.5 cm³/mol. The molecular weight excluding hydrogens is 150 g/mol. The monoisotopic (exact) mass is 171 g/mol. The summed E-state index contributed by atoms with van der Waals surface area (Å²) in [6, 6.07) is 0. The number of nitrogens with two attached hydrogens (primary N) is 1. The van der Waals surface area contributed by atoms with Crippen LogP contribution < -0.4 is 5.73 Å². The van der Waals surface area contributed by atoms with Gasteiger partial charge >= 0.3 is 0 Å². The van der Waals surface area contributed by atoms with Gasteiger partial charge in [-0.2, -0.15) is 0 Å². The van der Waals surface area contributed by atoms with Crippen molar-refractivity contribution in [2.75, 3.05) is 20.1 Å². The minimum Gasteiger partial charge on any atom is -0.388 e. The molecule has 0 rings (SSSR count). The van der Waals surface area contributed by atoms with Gasteiger partial charge in [0, 0.05) is 13.0 Å². The molecule has 0 heterocycles. The minimum absolute atomic E-state index is 0.299. The SMILES string of the molecule is CC(C)CN(C)CCCC(=N)N. The fourth-order valence-corrected chi connectivity index (χ4v) is 1.25. The summed E-state index contributed by atoms with van der Waals surface area (Å²) in [7, 11) is 2.11. The van der Waals surface area contributed by atoms with Crippen LogP contribution in [0.3, 0.4) is 0 Å². The third kappa shape index (κ3) is 7.54. The lowest BCUT2D eigenvalue weighted by Crippen LogP contribution is -2.25. The molecule has 0 aliphatic rings. The Morgan fingerprint density at radius 1 is 1.50 bits per heavy atom.